The highest BCUT2D eigenvalue weighted by atomic mass is 16.4. The Labute approximate surface area is 102 Å². The van der Waals surface area contributed by atoms with Crippen molar-refractivity contribution >= 4 is 5.84 Å². The quantitative estimate of drug-likeness (QED) is 0.229. The van der Waals surface area contributed by atoms with Crippen molar-refractivity contribution in [1.82, 2.24) is 10.3 Å². The molecule has 0 radical (unpaired) electrons. The summed E-state index contributed by atoms with van der Waals surface area (Å²) in [6.07, 6.45) is 4.40. The normalized spacial score (nSPS) is 12.7. The highest BCUT2D eigenvalue weighted by Crippen LogP contribution is 2.19. The maximum atomic E-state index is 8.64. The fourth-order valence-corrected chi connectivity index (χ4v) is 1.40. The number of oxime groups is 1. The van der Waals surface area contributed by atoms with Crippen molar-refractivity contribution in [2.75, 3.05) is 6.54 Å². The van der Waals surface area contributed by atoms with Crippen LogP contribution in [-0.2, 0) is 6.54 Å². The molecule has 17 heavy (non-hydrogen) atoms. The third-order valence-electron chi connectivity index (χ3n) is 2.78. The molecule has 0 aliphatic heterocycles. The number of nitrogens with one attached hydrogen (secondary N) is 1. The van der Waals surface area contributed by atoms with Crippen molar-refractivity contribution in [2.45, 2.75) is 26.8 Å². The van der Waals surface area contributed by atoms with E-state index in [0.717, 1.165) is 25.1 Å². The first-order valence-corrected chi connectivity index (χ1v) is 5.64. The second-order valence-corrected chi connectivity index (χ2v) is 4.66. The molecule has 0 fully saturated rings. The summed E-state index contributed by atoms with van der Waals surface area (Å²) in [4.78, 5) is 4.04. The first-order chi connectivity index (χ1) is 8.06. The Kier molecular flexibility index (Phi) is 4.90. The third-order valence-corrected chi connectivity index (χ3v) is 2.78. The van der Waals surface area contributed by atoms with E-state index in [1.807, 2.05) is 32.2 Å². The third kappa shape index (κ3) is 4.40. The number of hydrogen-bond acceptors (Lipinski definition) is 4. The SMILES string of the molecule is CC(C)(CCNCc1cccnc1)C(N)=NO. The average Bonchev–Trinajstić information content (AvgIpc) is 2.35. The van der Waals surface area contributed by atoms with E-state index in [0.29, 0.717) is 0 Å². The summed E-state index contributed by atoms with van der Waals surface area (Å²) in [6.45, 7) is 5.49. The van der Waals surface area contributed by atoms with Gasteiger partial charge < -0.3 is 16.3 Å². The molecule has 0 spiro atoms. The number of pyridine rings is 1. The summed E-state index contributed by atoms with van der Waals surface area (Å²) >= 11 is 0. The molecule has 94 valence electrons. The second kappa shape index (κ2) is 6.20. The molecule has 5 nitrogen and oxygen atoms in total. The van der Waals surface area contributed by atoms with Gasteiger partial charge in [-0.1, -0.05) is 25.1 Å². The lowest BCUT2D eigenvalue weighted by Crippen LogP contribution is -2.34. The zero-order valence-electron chi connectivity index (χ0n) is 10.3. The van der Waals surface area contributed by atoms with Gasteiger partial charge in [-0.25, -0.2) is 0 Å². The summed E-state index contributed by atoms with van der Waals surface area (Å²) in [5.74, 6) is 0.265. The van der Waals surface area contributed by atoms with Crippen LogP contribution >= 0.6 is 0 Å². The molecule has 4 N–H and O–H groups in total. The van der Waals surface area contributed by atoms with Crippen LogP contribution in [0.5, 0.6) is 0 Å². The van der Waals surface area contributed by atoms with E-state index >= 15 is 0 Å². The van der Waals surface area contributed by atoms with E-state index in [2.05, 4.69) is 15.5 Å². The largest absolute Gasteiger partial charge is 0.409 e. The van der Waals surface area contributed by atoms with Crippen LogP contribution in [0, 0.1) is 5.41 Å². The summed E-state index contributed by atoms with van der Waals surface area (Å²) in [6, 6.07) is 3.94. The van der Waals surface area contributed by atoms with Crippen LogP contribution in [0.2, 0.25) is 0 Å². The Bertz CT molecular complexity index is 362. The smallest absolute Gasteiger partial charge is 0.144 e. The summed E-state index contributed by atoms with van der Waals surface area (Å²) in [5, 5.41) is 15.0. The van der Waals surface area contributed by atoms with Gasteiger partial charge in [0.05, 0.1) is 0 Å². The van der Waals surface area contributed by atoms with Gasteiger partial charge in [-0.2, -0.15) is 0 Å². The number of hydrogen-bond donors (Lipinski definition) is 3. The van der Waals surface area contributed by atoms with Crippen LogP contribution in [-0.4, -0.2) is 22.6 Å². The monoisotopic (exact) mass is 236 g/mol. The number of amidine groups is 1. The standard InChI is InChI=1S/C12H20N4O/c1-12(2,11(13)16-17)5-7-15-9-10-4-3-6-14-8-10/h3-4,6,8,15,17H,5,7,9H2,1-2H3,(H2,13,16). The van der Waals surface area contributed by atoms with Crippen LogP contribution in [0.3, 0.4) is 0 Å². The Hall–Kier alpha value is -1.62. The number of nitrogens with zero attached hydrogens (tertiary/aromatic N) is 2. The number of aromatic nitrogens is 1. The van der Waals surface area contributed by atoms with Gasteiger partial charge in [-0.3, -0.25) is 4.98 Å². The highest BCUT2D eigenvalue weighted by Gasteiger charge is 2.22. The molecule has 0 saturated heterocycles. The fraction of sp³-hybridized carbons (Fsp3) is 0.500. The average molecular weight is 236 g/mol. The molecule has 0 saturated carbocycles. The highest BCUT2D eigenvalue weighted by molar-refractivity contribution is 5.85. The van der Waals surface area contributed by atoms with E-state index in [-0.39, 0.29) is 11.3 Å². The number of nitrogens with two attached hydrogens (primary N) is 1. The number of rotatable bonds is 6. The fourth-order valence-electron chi connectivity index (χ4n) is 1.40. The second-order valence-electron chi connectivity index (χ2n) is 4.66. The maximum Gasteiger partial charge on any atom is 0.144 e. The van der Waals surface area contributed by atoms with Gasteiger partial charge in [-0.05, 0) is 24.6 Å². The van der Waals surface area contributed by atoms with E-state index in [1.165, 1.54) is 0 Å². The molecule has 1 aromatic heterocycles. The first kappa shape index (κ1) is 13.4. The van der Waals surface area contributed by atoms with Gasteiger partial charge in [0.15, 0.2) is 0 Å². The lowest BCUT2D eigenvalue weighted by atomic mass is 9.88. The van der Waals surface area contributed by atoms with Crippen LogP contribution in [0.1, 0.15) is 25.8 Å². The molecule has 0 aromatic carbocycles. The zero-order valence-corrected chi connectivity index (χ0v) is 10.3. The molecule has 1 heterocycles. The molecule has 0 aliphatic rings. The summed E-state index contributed by atoms with van der Waals surface area (Å²) in [5.41, 5.74) is 6.46. The van der Waals surface area contributed by atoms with Gasteiger partial charge in [0.2, 0.25) is 0 Å². The van der Waals surface area contributed by atoms with Crippen LogP contribution < -0.4 is 11.1 Å². The topological polar surface area (TPSA) is 83.5 Å². The van der Waals surface area contributed by atoms with Crippen molar-refractivity contribution in [1.29, 1.82) is 0 Å². The summed E-state index contributed by atoms with van der Waals surface area (Å²) < 4.78 is 0. The summed E-state index contributed by atoms with van der Waals surface area (Å²) in [7, 11) is 0. The van der Waals surface area contributed by atoms with Crippen molar-refractivity contribution in [2.24, 2.45) is 16.3 Å². The lowest BCUT2D eigenvalue weighted by Gasteiger charge is -2.22. The Morgan fingerprint density at radius 3 is 2.94 bits per heavy atom. The van der Waals surface area contributed by atoms with Gasteiger partial charge in [0.1, 0.15) is 5.84 Å². The van der Waals surface area contributed by atoms with Crippen molar-refractivity contribution < 1.29 is 5.21 Å². The minimum Gasteiger partial charge on any atom is -0.409 e. The molecule has 1 rings (SSSR count). The molecule has 0 aliphatic carbocycles. The molecular formula is C12H20N4O. The van der Waals surface area contributed by atoms with Crippen LogP contribution in [0.25, 0.3) is 0 Å². The molecule has 5 heteroatoms. The molecule has 0 amide bonds. The Balaban J connectivity index is 2.29. The van der Waals surface area contributed by atoms with Crippen LogP contribution in [0.15, 0.2) is 29.7 Å². The van der Waals surface area contributed by atoms with Crippen molar-refractivity contribution in [3.8, 4) is 0 Å². The molecular weight excluding hydrogens is 216 g/mol. The van der Waals surface area contributed by atoms with Crippen molar-refractivity contribution in [3.63, 3.8) is 0 Å². The van der Waals surface area contributed by atoms with Crippen LogP contribution in [0.4, 0.5) is 0 Å². The van der Waals surface area contributed by atoms with E-state index < -0.39 is 0 Å². The molecule has 1 aromatic rings. The predicted molar refractivity (Wildman–Crippen MR) is 67.8 cm³/mol. The van der Waals surface area contributed by atoms with Crippen molar-refractivity contribution in [3.05, 3.63) is 30.1 Å². The Morgan fingerprint density at radius 2 is 2.35 bits per heavy atom. The van der Waals surface area contributed by atoms with Gasteiger partial charge in [0.25, 0.3) is 0 Å². The van der Waals surface area contributed by atoms with E-state index in [1.54, 1.807) is 6.20 Å². The minimum absolute atomic E-state index is 0.265. The van der Waals surface area contributed by atoms with E-state index in [9.17, 15) is 0 Å². The van der Waals surface area contributed by atoms with Gasteiger partial charge in [-0.15, -0.1) is 0 Å². The predicted octanol–water partition coefficient (Wildman–Crippen LogP) is 1.33. The van der Waals surface area contributed by atoms with E-state index in [4.69, 9.17) is 10.9 Å². The lowest BCUT2D eigenvalue weighted by molar-refractivity contribution is 0.305. The van der Waals surface area contributed by atoms with Gasteiger partial charge in [0, 0.05) is 24.4 Å². The molecule has 0 atom stereocenters. The Morgan fingerprint density at radius 1 is 1.59 bits per heavy atom. The maximum absolute atomic E-state index is 8.64. The molecule has 0 bridgehead atoms. The zero-order chi connectivity index (χ0) is 12.7. The minimum atomic E-state index is -0.295. The molecule has 0 unspecified atom stereocenters. The van der Waals surface area contributed by atoms with Gasteiger partial charge >= 0.3 is 0 Å². The first-order valence-electron chi connectivity index (χ1n) is 5.64.